The number of anilines is 2. The second kappa shape index (κ2) is 12.0. The predicted molar refractivity (Wildman–Crippen MR) is 205 cm³/mol. The minimum absolute atomic E-state index is 0.0819. The van der Waals surface area contributed by atoms with Crippen LogP contribution >= 0.6 is 22.9 Å². The van der Waals surface area contributed by atoms with Crippen molar-refractivity contribution in [3.8, 4) is 16.3 Å². The number of hydrogen-bond donors (Lipinski definition) is 1. The van der Waals surface area contributed by atoms with E-state index in [9.17, 15) is 19.5 Å². The van der Waals surface area contributed by atoms with Gasteiger partial charge >= 0.3 is 0 Å². The minimum atomic E-state index is -1.21. The molecule has 9 nitrogen and oxygen atoms in total. The fourth-order valence-corrected chi connectivity index (χ4v) is 10.9. The second-order valence-corrected chi connectivity index (χ2v) is 16.5. The minimum Gasteiger partial charge on any atom is -0.508 e. The molecule has 0 spiro atoms. The number of carbonyl (C=O) groups is 4. The standard InChI is InChI=1S/C42H37ClN4O5S/c1-5-22-6-11-25(12-7-22)46-38(49)28-16-15-27-30(35(28)40(46)51)19-31-39(50)47(41(52)42(31,3)36(27)23-8-13-26(48)14-9-23)34-20-32(44-45(34)4)37-21(2)29-18-24(43)10-17-33(29)53-37/h6-15,17-18,20,28,30-31,35-36,48H,5,16,19H2,1-4H3. The van der Waals surface area contributed by atoms with Crippen molar-refractivity contribution in [2.24, 2.45) is 36.1 Å². The zero-order valence-corrected chi connectivity index (χ0v) is 31.2. The van der Waals surface area contributed by atoms with E-state index in [0.717, 1.165) is 43.6 Å². The van der Waals surface area contributed by atoms with Crippen LogP contribution in [-0.4, -0.2) is 38.5 Å². The number of fused-ring (bicyclic) bond motifs is 5. The first-order valence-corrected chi connectivity index (χ1v) is 19.2. The van der Waals surface area contributed by atoms with Gasteiger partial charge in [-0.3, -0.25) is 28.8 Å². The van der Waals surface area contributed by atoms with Crippen LogP contribution in [0.25, 0.3) is 20.7 Å². The van der Waals surface area contributed by atoms with Gasteiger partial charge in [-0.15, -0.1) is 11.3 Å². The number of aromatic hydroxyl groups is 1. The molecule has 11 heteroatoms. The molecule has 3 fully saturated rings. The van der Waals surface area contributed by atoms with Crippen LogP contribution < -0.4 is 9.80 Å². The van der Waals surface area contributed by atoms with Gasteiger partial charge in [-0.25, -0.2) is 4.90 Å². The lowest BCUT2D eigenvalue weighted by molar-refractivity contribution is -0.131. The highest BCUT2D eigenvalue weighted by atomic mass is 35.5. The first-order valence-electron chi connectivity index (χ1n) is 18.0. The Kier molecular flexibility index (Phi) is 7.63. The highest BCUT2D eigenvalue weighted by molar-refractivity contribution is 7.22. The maximum atomic E-state index is 15.0. The number of allylic oxidation sites excluding steroid dienone is 2. The third kappa shape index (κ3) is 4.77. The molecule has 4 amide bonds. The summed E-state index contributed by atoms with van der Waals surface area (Å²) in [7, 11) is 1.73. The van der Waals surface area contributed by atoms with E-state index < -0.39 is 35.0 Å². The molecule has 2 aromatic heterocycles. The Labute approximate surface area is 315 Å². The van der Waals surface area contributed by atoms with Gasteiger partial charge in [0.2, 0.25) is 23.6 Å². The summed E-state index contributed by atoms with van der Waals surface area (Å²) in [6.07, 6.45) is 3.49. The maximum Gasteiger partial charge on any atom is 0.242 e. The highest BCUT2D eigenvalue weighted by Crippen LogP contribution is 2.64. The monoisotopic (exact) mass is 744 g/mol. The van der Waals surface area contributed by atoms with Crippen LogP contribution in [0.15, 0.2) is 84.4 Å². The van der Waals surface area contributed by atoms with Gasteiger partial charge in [0.05, 0.1) is 33.7 Å². The summed E-state index contributed by atoms with van der Waals surface area (Å²) < 4.78 is 2.64. The number of nitrogens with zero attached hydrogens (tertiary/aromatic N) is 4. The van der Waals surface area contributed by atoms with Gasteiger partial charge in [0.1, 0.15) is 17.3 Å². The van der Waals surface area contributed by atoms with Gasteiger partial charge in [0.25, 0.3) is 0 Å². The maximum absolute atomic E-state index is 15.0. The molecule has 3 aromatic carbocycles. The van der Waals surface area contributed by atoms with Crippen LogP contribution in [-0.2, 0) is 32.6 Å². The van der Waals surface area contributed by atoms with E-state index in [1.165, 1.54) is 9.80 Å². The van der Waals surface area contributed by atoms with Gasteiger partial charge in [-0.2, -0.15) is 5.10 Å². The normalized spacial score (nSPS) is 26.7. The van der Waals surface area contributed by atoms with Crippen molar-refractivity contribution in [1.29, 1.82) is 0 Å². The molecule has 4 heterocycles. The van der Waals surface area contributed by atoms with E-state index in [1.807, 2.05) is 62.4 Å². The number of rotatable bonds is 5. The van der Waals surface area contributed by atoms with Gasteiger partial charge in [0, 0.05) is 28.8 Å². The number of imide groups is 2. The van der Waals surface area contributed by atoms with E-state index >= 15 is 4.79 Å². The number of phenols is 1. The van der Waals surface area contributed by atoms with Gasteiger partial charge in [0.15, 0.2) is 0 Å². The number of hydrogen-bond acceptors (Lipinski definition) is 7. The summed E-state index contributed by atoms with van der Waals surface area (Å²) in [6, 6.07) is 21.8. The van der Waals surface area contributed by atoms with Crippen LogP contribution in [0.5, 0.6) is 5.75 Å². The summed E-state index contributed by atoms with van der Waals surface area (Å²) in [5, 5.41) is 16.7. The Morgan fingerprint density at radius 2 is 1.66 bits per heavy atom. The largest absolute Gasteiger partial charge is 0.508 e. The zero-order chi connectivity index (χ0) is 37.1. The fourth-order valence-electron chi connectivity index (χ4n) is 9.63. The molecule has 2 aliphatic carbocycles. The molecule has 5 aromatic rings. The lowest BCUT2D eigenvalue weighted by Gasteiger charge is -2.49. The van der Waals surface area contributed by atoms with Crippen molar-refractivity contribution >= 4 is 68.2 Å². The predicted octanol–water partition coefficient (Wildman–Crippen LogP) is 7.97. The molecule has 6 unspecified atom stereocenters. The summed E-state index contributed by atoms with van der Waals surface area (Å²) in [5.41, 5.74) is 3.77. The number of halogens is 1. The average Bonchev–Trinajstić information content (AvgIpc) is 3.82. The van der Waals surface area contributed by atoms with Crippen LogP contribution in [0, 0.1) is 36.0 Å². The molecule has 0 radical (unpaired) electrons. The topological polar surface area (TPSA) is 113 Å². The molecule has 4 aliphatic rings. The number of aromatic nitrogens is 2. The van der Waals surface area contributed by atoms with Gasteiger partial charge in [-0.1, -0.05) is 54.4 Å². The molecule has 53 heavy (non-hydrogen) atoms. The van der Waals surface area contributed by atoms with Crippen molar-refractivity contribution in [2.45, 2.75) is 46.0 Å². The number of carbonyl (C=O) groups excluding carboxylic acids is 4. The Hall–Kier alpha value is -5.06. The van der Waals surface area contributed by atoms with Crippen molar-refractivity contribution in [3.63, 3.8) is 0 Å². The van der Waals surface area contributed by atoms with Gasteiger partial charge in [-0.05, 0) is 104 Å². The smallest absolute Gasteiger partial charge is 0.242 e. The molecule has 1 saturated carbocycles. The van der Waals surface area contributed by atoms with Gasteiger partial charge < -0.3 is 5.11 Å². The number of phenolic OH excluding ortho intramolecular Hbond substituents is 1. The molecule has 2 aliphatic heterocycles. The number of thiophene rings is 1. The van der Waals surface area contributed by atoms with E-state index in [4.69, 9.17) is 16.7 Å². The van der Waals surface area contributed by atoms with E-state index in [2.05, 4.69) is 6.92 Å². The van der Waals surface area contributed by atoms with Crippen LogP contribution in [0.3, 0.4) is 0 Å². The fraction of sp³-hybridized carbons (Fsp3) is 0.310. The average molecular weight is 745 g/mol. The molecular formula is C42H37ClN4O5S. The van der Waals surface area contributed by atoms with E-state index in [0.29, 0.717) is 28.6 Å². The van der Waals surface area contributed by atoms with E-state index in [-0.39, 0.29) is 35.8 Å². The number of aryl methyl sites for hydroxylation is 3. The third-order valence-electron chi connectivity index (χ3n) is 12.3. The van der Waals surface area contributed by atoms with Crippen LogP contribution in [0.2, 0.25) is 5.02 Å². The Morgan fingerprint density at radius 3 is 2.38 bits per heavy atom. The molecule has 6 atom stereocenters. The van der Waals surface area contributed by atoms with Crippen molar-refractivity contribution in [3.05, 3.63) is 106 Å². The molecule has 268 valence electrons. The molecule has 1 N–H and O–H groups in total. The van der Waals surface area contributed by atoms with Crippen LogP contribution in [0.4, 0.5) is 11.5 Å². The summed E-state index contributed by atoms with van der Waals surface area (Å²) in [6.45, 7) is 5.93. The highest BCUT2D eigenvalue weighted by Gasteiger charge is 2.68. The second-order valence-electron chi connectivity index (χ2n) is 15.0. The Morgan fingerprint density at radius 1 is 0.925 bits per heavy atom. The lowest BCUT2D eigenvalue weighted by Crippen LogP contribution is -2.48. The zero-order valence-electron chi connectivity index (χ0n) is 29.7. The molecule has 9 rings (SSSR count). The summed E-state index contributed by atoms with van der Waals surface area (Å²) >= 11 is 7.89. The first-order chi connectivity index (χ1) is 25.4. The Bertz CT molecular complexity index is 2430. The third-order valence-corrected chi connectivity index (χ3v) is 13.8. The quantitative estimate of drug-likeness (QED) is 0.144. The van der Waals surface area contributed by atoms with Crippen molar-refractivity contribution in [2.75, 3.05) is 9.80 Å². The number of benzene rings is 3. The molecule has 2 saturated heterocycles. The van der Waals surface area contributed by atoms with Crippen LogP contribution in [0.1, 0.15) is 49.3 Å². The first kappa shape index (κ1) is 33.8. The number of amides is 4. The molecular weight excluding hydrogens is 708 g/mol. The molecule has 0 bridgehead atoms. The van der Waals surface area contributed by atoms with Crippen molar-refractivity contribution in [1.82, 2.24) is 9.78 Å². The lowest BCUT2D eigenvalue weighted by atomic mass is 9.51. The summed E-state index contributed by atoms with van der Waals surface area (Å²) in [5.74, 6) is -3.74. The van der Waals surface area contributed by atoms with E-state index in [1.54, 1.807) is 53.4 Å². The van der Waals surface area contributed by atoms with Crippen molar-refractivity contribution < 1.29 is 24.3 Å². The Balaban J connectivity index is 1.13. The SMILES string of the molecule is CCc1ccc(N2C(=O)C3CC=C4C(CC5C(=O)N(c6cc(-c7sc8ccc(Cl)cc8c7C)nn6C)C(=O)C5(C)C4c4ccc(O)cc4)C3C2=O)cc1. The summed E-state index contributed by atoms with van der Waals surface area (Å²) in [4.78, 5) is 61.8.